The van der Waals surface area contributed by atoms with Gasteiger partial charge in [0.2, 0.25) is 0 Å². The zero-order chi connectivity index (χ0) is 9.84. The summed E-state index contributed by atoms with van der Waals surface area (Å²) in [6.07, 6.45) is 0.436. The van der Waals surface area contributed by atoms with Crippen LogP contribution in [-0.2, 0) is 6.42 Å². The molecule has 0 aromatic heterocycles. The van der Waals surface area contributed by atoms with Gasteiger partial charge >= 0.3 is 0 Å². The van der Waals surface area contributed by atoms with Crippen molar-refractivity contribution in [3.8, 4) is 0 Å². The van der Waals surface area contributed by atoms with Crippen molar-refractivity contribution in [2.45, 2.75) is 32.4 Å². The lowest BCUT2D eigenvalue weighted by atomic mass is 10.0. The second-order valence-corrected chi connectivity index (χ2v) is 3.40. The molecule has 0 unspecified atom stereocenters. The second kappa shape index (κ2) is 4.40. The third-order valence-corrected chi connectivity index (χ3v) is 2.20. The lowest BCUT2D eigenvalue weighted by Crippen LogP contribution is -2.24. The minimum absolute atomic E-state index is 0.216. The molecule has 0 aliphatic carbocycles. The number of hydrogen-bond donors (Lipinski definition) is 2. The number of benzene rings is 1. The molecule has 3 N–H and O–H groups in total. The third-order valence-electron chi connectivity index (χ3n) is 2.20. The van der Waals surface area contributed by atoms with E-state index in [9.17, 15) is 5.11 Å². The highest BCUT2D eigenvalue weighted by Crippen LogP contribution is 2.16. The highest BCUT2D eigenvalue weighted by molar-refractivity contribution is 5.25. The van der Waals surface area contributed by atoms with Crippen LogP contribution >= 0.6 is 0 Å². The van der Waals surface area contributed by atoms with Gasteiger partial charge < -0.3 is 10.8 Å². The van der Waals surface area contributed by atoms with Gasteiger partial charge in [0.25, 0.3) is 0 Å². The van der Waals surface area contributed by atoms with E-state index in [2.05, 4.69) is 13.0 Å². The summed E-state index contributed by atoms with van der Waals surface area (Å²) >= 11 is 0. The highest BCUT2D eigenvalue weighted by Gasteiger charge is 2.11. The Bertz CT molecular complexity index is 271. The van der Waals surface area contributed by atoms with Gasteiger partial charge in [0.05, 0.1) is 6.10 Å². The largest absolute Gasteiger partial charge is 0.387 e. The molecule has 0 spiro atoms. The van der Waals surface area contributed by atoms with Gasteiger partial charge in [-0.2, -0.15) is 0 Å². The molecule has 0 radical (unpaired) electrons. The second-order valence-electron chi connectivity index (χ2n) is 3.40. The van der Waals surface area contributed by atoms with Crippen LogP contribution < -0.4 is 5.73 Å². The first-order valence-corrected chi connectivity index (χ1v) is 4.67. The standard InChI is InChI=1S/C11H17NO/c1-3-9-5-4-6-10(7-9)11(13)8(2)12/h4-8,11,13H,3,12H2,1-2H3/t8-,11-/m0/s1. The predicted molar refractivity (Wildman–Crippen MR) is 54.4 cm³/mol. The van der Waals surface area contributed by atoms with Gasteiger partial charge in [-0.1, -0.05) is 31.2 Å². The van der Waals surface area contributed by atoms with E-state index in [0.717, 1.165) is 12.0 Å². The quantitative estimate of drug-likeness (QED) is 0.740. The Morgan fingerprint density at radius 2 is 2.15 bits per heavy atom. The van der Waals surface area contributed by atoms with Crippen molar-refractivity contribution >= 4 is 0 Å². The Morgan fingerprint density at radius 3 is 2.69 bits per heavy atom. The molecule has 0 amide bonds. The minimum Gasteiger partial charge on any atom is -0.387 e. The van der Waals surface area contributed by atoms with Crippen molar-refractivity contribution in [2.75, 3.05) is 0 Å². The summed E-state index contributed by atoms with van der Waals surface area (Å²) in [5.41, 5.74) is 7.75. The van der Waals surface area contributed by atoms with Crippen LogP contribution in [0.2, 0.25) is 0 Å². The molecular weight excluding hydrogens is 162 g/mol. The van der Waals surface area contributed by atoms with Crippen LogP contribution in [0.5, 0.6) is 0 Å². The molecule has 1 aromatic carbocycles. The molecule has 72 valence electrons. The number of aliphatic hydroxyl groups is 1. The van der Waals surface area contributed by atoms with E-state index < -0.39 is 6.10 Å². The van der Waals surface area contributed by atoms with Crippen LogP contribution in [-0.4, -0.2) is 11.1 Å². The first-order valence-electron chi connectivity index (χ1n) is 4.67. The van der Waals surface area contributed by atoms with Crippen molar-refractivity contribution in [1.29, 1.82) is 0 Å². The summed E-state index contributed by atoms with van der Waals surface area (Å²) in [7, 11) is 0. The average Bonchev–Trinajstić information content (AvgIpc) is 2.16. The van der Waals surface area contributed by atoms with Crippen LogP contribution in [0, 0.1) is 0 Å². The summed E-state index contributed by atoms with van der Waals surface area (Å²) in [6.45, 7) is 3.90. The molecule has 0 heterocycles. The Kier molecular flexibility index (Phi) is 3.46. The number of aryl methyl sites for hydroxylation is 1. The van der Waals surface area contributed by atoms with Crippen molar-refractivity contribution in [3.63, 3.8) is 0 Å². The van der Waals surface area contributed by atoms with Gasteiger partial charge in [-0.3, -0.25) is 0 Å². The van der Waals surface area contributed by atoms with Crippen LogP contribution in [0.3, 0.4) is 0 Å². The highest BCUT2D eigenvalue weighted by atomic mass is 16.3. The summed E-state index contributed by atoms with van der Waals surface area (Å²) < 4.78 is 0. The Morgan fingerprint density at radius 1 is 1.46 bits per heavy atom. The van der Waals surface area contributed by atoms with Crippen molar-refractivity contribution in [2.24, 2.45) is 5.73 Å². The minimum atomic E-state index is -0.550. The number of aliphatic hydroxyl groups excluding tert-OH is 1. The van der Waals surface area contributed by atoms with Gasteiger partial charge in [-0.15, -0.1) is 0 Å². The molecule has 0 bridgehead atoms. The maximum atomic E-state index is 9.69. The van der Waals surface area contributed by atoms with Gasteiger partial charge in [0, 0.05) is 6.04 Å². The van der Waals surface area contributed by atoms with Gasteiger partial charge in [0.15, 0.2) is 0 Å². The maximum absolute atomic E-state index is 9.69. The number of rotatable bonds is 3. The zero-order valence-corrected chi connectivity index (χ0v) is 8.20. The topological polar surface area (TPSA) is 46.2 Å². The molecule has 1 rings (SSSR count). The molecule has 1 aromatic rings. The van der Waals surface area contributed by atoms with Gasteiger partial charge in [-0.05, 0) is 24.5 Å². The summed E-state index contributed by atoms with van der Waals surface area (Å²) in [5.74, 6) is 0. The molecule has 13 heavy (non-hydrogen) atoms. The number of nitrogens with two attached hydrogens (primary N) is 1. The first-order chi connectivity index (χ1) is 6.15. The molecule has 0 aliphatic heterocycles. The van der Waals surface area contributed by atoms with Crippen LogP contribution in [0.1, 0.15) is 31.1 Å². The van der Waals surface area contributed by atoms with E-state index in [0.29, 0.717) is 0 Å². The van der Waals surface area contributed by atoms with Crippen molar-refractivity contribution < 1.29 is 5.11 Å². The lowest BCUT2D eigenvalue weighted by Gasteiger charge is -2.15. The van der Waals surface area contributed by atoms with E-state index in [4.69, 9.17) is 5.73 Å². The van der Waals surface area contributed by atoms with E-state index >= 15 is 0 Å². The smallest absolute Gasteiger partial charge is 0.0938 e. The van der Waals surface area contributed by atoms with Crippen LogP contribution in [0.15, 0.2) is 24.3 Å². The fourth-order valence-electron chi connectivity index (χ4n) is 1.30. The molecule has 0 fully saturated rings. The van der Waals surface area contributed by atoms with Crippen LogP contribution in [0.25, 0.3) is 0 Å². The van der Waals surface area contributed by atoms with E-state index in [-0.39, 0.29) is 6.04 Å². The Balaban J connectivity index is 2.88. The molecule has 0 aliphatic rings. The van der Waals surface area contributed by atoms with E-state index in [1.54, 1.807) is 0 Å². The molecule has 0 saturated heterocycles. The number of hydrogen-bond acceptors (Lipinski definition) is 2. The monoisotopic (exact) mass is 179 g/mol. The molecule has 2 heteroatoms. The maximum Gasteiger partial charge on any atom is 0.0938 e. The van der Waals surface area contributed by atoms with Crippen LogP contribution in [0.4, 0.5) is 0 Å². The summed E-state index contributed by atoms with van der Waals surface area (Å²) in [6, 6.07) is 7.71. The predicted octanol–water partition coefficient (Wildman–Crippen LogP) is 1.63. The zero-order valence-electron chi connectivity index (χ0n) is 8.20. The van der Waals surface area contributed by atoms with E-state index in [1.807, 2.05) is 25.1 Å². The Hall–Kier alpha value is -0.860. The van der Waals surface area contributed by atoms with Crippen molar-refractivity contribution in [3.05, 3.63) is 35.4 Å². The third kappa shape index (κ3) is 2.54. The lowest BCUT2D eigenvalue weighted by molar-refractivity contribution is 0.153. The van der Waals surface area contributed by atoms with Gasteiger partial charge in [0.1, 0.15) is 0 Å². The summed E-state index contributed by atoms with van der Waals surface area (Å²) in [4.78, 5) is 0. The molecular formula is C11H17NO. The molecule has 2 nitrogen and oxygen atoms in total. The van der Waals surface area contributed by atoms with Crippen molar-refractivity contribution in [1.82, 2.24) is 0 Å². The molecule has 2 atom stereocenters. The fourth-order valence-corrected chi connectivity index (χ4v) is 1.30. The average molecular weight is 179 g/mol. The normalized spacial score (nSPS) is 15.4. The fraction of sp³-hybridized carbons (Fsp3) is 0.455. The molecule has 0 saturated carbocycles. The van der Waals surface area contributed by atoms with E-state index in [1.165, 1.54) is 5.56 Å². The summed E-state index contributed by atoms with van der Waals surface area (Å²) in [5, 5.41) is 9.69. The van der Waals surface area contributed by atoms with Gasteiger partial charge in [-0.25, -0.2) is 0 Å². The Labute approximate surface area is 79.4 Å². The first kappa shape index (κ1) is 10.2. The SMILES string of the molecule is CCc1cccc([C@@H](O)[C@H](C)N)c1.